The first kappa shape index (κ1) is 39.5. The lowest BCUT2D eigenvalue weighted by Crippen LogP contribution is -2.46. The van der Waals surface area contributed by atoms with E-state index in [1.165, 1.54) is 77.0 Å². The topological polar surface area (TPSA) is 105 Å². The van der Waals surface area contributed by atoms with Gasteiger partial charge in [0.25, 0.3) is 0 Å². The molecule has 0 fully saturated rings. The molecule has 0 aromatic rings. The van der Waals surface area contributed by atoms with Gasteiger partial charge in [-0.2, -0.15) is 0 Å². The van der Waals surface area contributed by atoms with Crippen LogP contribution in [0.3, 0.4) is 0 Å². The van der Waals surface area contributed by atoms with Crippen molar-refractivity contribution in [1.29, 1.82) is 0 Å². The fourth-order valence-corrected chi connectivity index (χ4v) is 5.37. The van der Waals surface area contributed by atoms with Crippen LogP contribution in [0, 0.1) is 0 Å². The fourth-order valence-electron chi connectivity index (χ4n) is 4.63. The van der Waals surface area contributed by atoms with Crippen molar-refractivity contribution in [2.24, 2.45) is 0 Å². The number of hydrogen-bond acceptors (Lipinski definition) is 5. The third-order valence-corrected chi connectivity index (χ3v) is 8.34. The molecule has 0 radical (unpaired) electrons. The summed E-state index contributed by atoms with van der Waals surface area (Å²) < 4.78 is 23.3. The number of carbonyl (C=O) groups excluding carboxylic acids is 1. The lowest BCUT2D eigenvalue weighted by Gasteiger charge is -2.26. The summed E-state index contributed by atoms with van der Waals surface area (Å²) in [5, 5.41) is 13.7. The van der Waals surface area contributed by atoms with Gasteiger partial charge in [0.1, 0.15) is 13.2 Å². The van der Waals surface area contributed by atoms with Crippen molar-refractivity contribution < 1.29 is 32.9 Å². The highest BCUT2D eigenvalue weighted by atomic mass is 31.2. The number of carbonyl (C=O) groups is 1. The van der Waals surface area contributed by atoms with Crippen LogP contribution in [0.2, 0.25) is 0 Å². The second-order valence-electron chi connectivity index (χ2n) is 12.5. The predicted molar refractivity (Wildman–Crippen MR) is 166 cm³/mol. The summed E-state index contributed by atoms with van der Waals surface area (Å²) >= 11 is 0. The molecular formula is C31H66N2O6P+. The summed E-state index contributed by atoms with van der Waals surface area (Å²) in [6.07, 6.45) is 21.3. The Morgan fingerprint density at radius 2 is 1.20 bits per heavy atom. The Bertz CT molecular complexity index is 644. The lowest BCUT2D eigenvalue weighted by atomic mass is 10.0. The highest BCUT2D eigenvalue weighted by Crippen LogP contribution is 2.43. The predicted octanol–water partition coefficient (Wildman–Crippen LogP) is 7.51. The number of nitrogens with one attached hydrogen (secondary N) is 1. The van der Waals surface area contributed by atoms with Crippen LogP contribution >= 0.6 is 7.82 Å². The fraction of sp³-hybridized carbons (Fsp3) is 0.968. The second-order valence-corrected chi connectivity index (χ2v) is 14.0. The third kappa shape index (κ3) is 26.4. The van der Waals surface area contributed by atoms with Gasteiger partial charge < -0.3 is 19.8 Å². The molecule has 40 heavy (non-hydrogen) atoms. The number of amides is 1. The Morgan fingerprint density at radius 3 is 1.68 bits per heavy atom. The number of likely N-dealkylation sites (N-methyl/N-ethyl adjacent to an activating group) is 1. The Balaban J connectivity index is 4.56. The first-order valence-corrected chi connectivity index (χ1v) is 17.9. The Morgan fingerprint density at radius 1 is 0.750 bits per heavy atom. The van der Waals surface area contributed by atoms with Crippen molar-refractivity contribution in [3.8, 4) is 0 Å². The maximum atomic E-state index is 12.6. The molecule has 3 N–H and O–H groups in total. The second kappa shape index (κ2) is 25.0. The summed E-state index contributed by atoms with van der Waals surface area (Å²) in [5.41, 5.74) is 0. The van der Waals surface area contributed by atoms with E-state index in [1.807, 2.05) is 21.1 Å². The highest BCUT2D eigenvalue weighted by molar-refractivity contribution is 7.47. The number of nitrogens with zero attached hydrogens (tertiary/aromatic N) is 1. The summed E-state index contributed by atoms with van der Waals surface area (Å²) in [4.78, 5) is 22.8. The standard InChI is InChI=1S/C31H65N2O6P/c1-6-8-10-12-14-16-17-18-20-22-24-30(34)29(28-39-40(36,37)38-27-26-33(3,4)5)32-31(35)25-23-21-19-15-13-11-9-7-2/h29-30,34H,6-28H2,1-5H3,(H-,32,35,36,37)/p+1. The van der Waals surface area contributed by atoms with Crippen LogP contribution in [0.4, 0.5) is 0 Å². The average molecular weight is 594 g/mol. The summed E-state index contributed by atoms with van der Waals surface area (Å²) in [7, 11) is 1.62. The molecule has 0 aliphatic heterocycles. The van der Waals surface area contributed by atoms with Gasteiger partial charge in [-0.3, -0.25) is 13.8 Å². The molecule has 8 nitrogen and oxygen atoms in total. The van der Waals surface area contributed by atoms with Gasteiger partial charge in [-0.25, -0.2) is 4.57 Å². The minimum absolute atomic E-state index is 0.0773. The molecule has 0 saturated heterocycles. The van der Waals surface area contributed by atoms with Crippen LogP contribution < -0.4 is 5.32 Å². The van der Waals surface area contributed by atoms with Crippen LogP contribution in [0.25, 0.3) is 0 Å². The first-order valence-electron chi connectivity index (χ1n) is 16.4. The van der Waals surface area contributed by atoms with Gasteiger partial charge in [-0.05, 0) is 12.8 Å². The van der Waals surface area contributed by atoms with Crippen molar-refractivity contribution in [2.45, 2.75) is 154 Å². The number of aliphatic hydroxyl groups excluding tert-OH is 1. The van der Waals surface area contributed by atoms with Crippen LogP contribution in [0.1, 0.15) is 142 Å². The number of unbranched alkanes of at least 4 members (excludes halogenated alkanes) is 16. The van der Waals surface area contributed by atoms with E-state index in [1.54, 1.807) is 0 Å². The number of aliphatic hydroxyl groups is 1. The van der Waals surface area contributed by atoms with Crippen molar-refractivity contribution in [2.75, 3.05) is 40.9 Å². The lowest BCUT2D eigenvalue weighted by molar-refractivity contribution is -0.870. The molecule has 0 aromatic heterocycles. The largest absolute Gasteiger partial charge is 0.472 e. The van der Waals surface area contributed by atoms with E-state index in [0.29, 0.717) is 23.9 Å². The molecule has 0 bridgehead atoms. The minimum Gasteiger partial charge on any atom is -0.391 e. The molecule has 0 heterocycles. The molecule has 3 unspecified atom stereocenters. The number of quaternary nitrogens is 1. The van der Waals surface area contributed by atoms with Crippen LogP contribution in [-0.4, -0.2) is 73.4 Å². The molecule has 0 rings (SSSR count). The summed E-state index contributed by atoms with van der Waals surface area (Å²) in [6, 6.07) is -0.748. The van der Waals surface area contributed by atoms with Gasteiger partial charge in [-0.15, -0.1) is 0 Å². The molecule has 3 atom stereocenters. The SMILES string of the molecule is CCCCCCCCCCCCC(O)C(COP(=O)(O)OCC[N+](C)(C)C)NC(=O)CCCCCCCCCC. The maximum absolute atomic E-state index is 12.6. The molecule has 0 aromatic carbocycles. The first-order chi connectivity index (χ1) is 19.0. The van der Waals surface area contributed by atoms with E-state index < -0.39 is 20.0 Å². The van der Waals surface area contributed by atoms with E-state index in [4.69, 9.17) is 9.05 Å². The molecule has 0 spiro atoms. The van der Waals surface area contributed by atoms with Crippen molar-refractivity contribution in [3.63, 3.8) is 0 Å². The molecule has 9 heteroatoms. The monoisotopic (exact) mass is 593 g/mol. The smallest absolute Gasteiger partial charge is 0.391 e. The highest BCUT2D eigenvalue weighted by Gasteiger charge is 2.28. The van der Waals surface area contributed by atoms with Crippen LogP contribution in [0.15, 0.2) is 0 Å². The van der Waals surface area contributed by atoms with Gasteiger partial charge in [0.2, 0.25) is 5.91 Å². The summed E-state index contributed by atoms with van der Waals surface area (Å²) in [5.74, 6) is -0.152. The Hall–Kier alpha value is -0.500. The molecule has 0 saturated carbocycles. The Labute approximate surface area is 247 Å². The molecule has 0 aliphatic rings. The quantitative estimate of drug-likeness (QED) is 0.0471. The Kier molecular flexibility index (Phi) is 24.7. The van der Waals surface area contributed by atoms with Gasteiger partial charge in [0.15, 0.2) is 0 Å². The average Bonchev–Trinajstić information content (AvgIpc) is 2.88. The van der Waals surface area contributed by atoms with Crippen molar-refractivity contribution in [3.05, 3.63) is 0 Å². The zero-order valence-corrected chi connectivity index (χ0v) is 27.7. The van der Waals surface area contributed by atoms with E-state index in [2.05, 4.69) is 19.2 Å². The van der Waals surface area contributed by atoms with E-state index in [0.717, 1.165) is 38.5 Å². The zero-order chi connectivity index (χ0) is 30.1. The summed E-state index contributed by atoms with van der Waals surface area (Å²) in [6.45, 7) is 4.81. The third-order valence-electron chi connectivity index (χ3n) is 7.36. The minimum atomic E-state index is -4.28. The molecule has 1 amide bonds. The molecule has 240 valence electrons. The van der Waals surface area contributed by atoms with Crippen LogP contribution in [0.5, 0.6) is 0 Å². The van der Waals surface area contributed by atoms with Crippen molar-refractivity contribution in [1.82, 2.24) is 5.32 Å². The van der Waals surface area contributed by atoms with Gasteiger partial charge in [-0.1, -0.05) is 123 Å². The number of phosphoric acid groups is 1. The zero-order valence-electron chi connectivity index (χ0n) is 26.8. The van der Waals surface area contributed by atoms with E-state index in [9.17, 15) is 19.4 Å². The van der Waals surface area contributed by atoms with Gasteiger partial charge in [0.05, 0.1) is 39.9 Å². The van der Waals surface area contributed by atoms with E-state index >= 15 is 0 Å². The van der Waals surface area contributed by atoms with Gasteiger partial charge in [0, 0.05) is 6.42 Å². The molecular weight excluding hydrogens is 527 g/mol. The maximum Gasteiger partial charge on any atom is 0.472 e. The number of rotatable bonds is 29. The van der Waals surface area contributed by atoms with Crippen LogP contribution in [-0.2, 0) is 18.4 Å². The van der Waals surface area contributed by atoms with E-state index in [-0.39, 0.29) is 19.1 Å². The number of phosphoric ester groups is 1. The molecule has 0 aliphatic carbocycles. The normalized spacial score (nSPS) is 15.1. The van der Waals surface area contributed by atoms with Gasteiger partial charge >= 0.3 is 7.82 Å². The number of hydrogen-bond donors (Lipinski definition) is 3. The van der Waals surface area contributed by atoms with Crippen molar-refractivity contribution >= 4 is 13.7 Å².